The fraction of sp³-hybridized carbons (Fsp3) is 0.571. The van der Waals surface area contributed by atoms with Crippen LogP contribution in [0.5, 0.6) is 5.75 Å². The first-order valence-corrected chi connectivity index (χ1v) is 6.21. The Hall–Kier alpha value is -1.13. The lowest BCUT2D eigenvalue weighted by atomic mass is 9.97. The lowest BCUT2D eigenvalue weighted by molar-refractivity contribution is 0.0619. The molecule has 0 bridgehead atoms. The highest BCUT2D eigenvalue weighted by Crippen LogP contribution is 2.26. The van der Waals surface area contributed by atoms with Crippen LogP contribution in [0.1, 0.15) is 31.4 Å². The molecule has 0 aliphatic carbocycles. The Kier molecular flexibility index (Phi) is 6.09. The molecule has 102 valence electrons. The molecule has 2 atom stereocenters. The van der Waals surface area contributed by atoms with Crippen LogP contribution >= 0.6 is 0 Å². The summed E-state index contributed by atoms with van der Waals surface area (Å²) >= 11 is 0. The van der Waals surface area contributed by atoms with Gasteiger partial charge in [0.1, 0.15) is 11.6 Å². The Bertz CT molecular complexity index is 371. The van der Waals surface area contributed by atoms with E-state index in [4.69, 9.17) is 9.47 Å². The highest BCUT2D eigenvalue weighted by Gasteiger charge is 2.23. The van der Waals surface area contributed by atoms with Crippen LogP contribution in [0.2, 0.25) is 0 Å². The second kappa shape index (κ2) is 7.34. The van der Waals surface area contributed by atoms with Gasteiger partial charge in [0.2, 0.25) is 0 Å². The van der Waals surface area contributed by atoms with Crippen molar-refractivity contribution in [3.05, 3.63) is 29.6 Å². The molecular formula is C14H22FNO2. The quantitative estimate of drug-likeness (QED) is 0.812. The first-order chi connectivity index (χ1) is 8.67. The van der Waals surface area contributed by atoms with Crippen molar-refractivity contribution in [2.24, 2.45) is 0 Å². The standard InChI is InChI=1S/C14H22FNO2/c1-5-6-13(18-4)14(16-2)11-8-7-10(17-3)9-12(11)15/h7-9,13-14,16H,5-6H2,1-4H3. The lowest BCUT2D eigenvalue weighted by Gasteiger charge is -2.26. The average molecular weight is 255 g/mol. The van der Waals surface area contributed by atoms with E-state index in [1.807, 2.05) is 7.05 Å². The summed E-state index contributed by atoms with van der Waals surface area (Å²) in [5.74, 6) is 0.252. The summed E-state index contributed by atoms with van der Waals surface area (Å²) in [5.41, 5.74) is 0.610. The number of likely N-dealkylation sites (N-methyl/N-ethyl adjacent to an activating group) is 1. The molecule has 0 fully saturated rings. The summed E-state index contributed by atoms with van der Waals surface area (Å²) in [7, 11) is 5.00. The largest absolute Gasteiger partial charge is 0.497 e. The van der Waals surface area contributed by atoms with Crippen molar-refractivity contribution in [3.8, 4) is 5.75 Å². The van der Waals surface area contributed by atoms with Gasteiger partial charge in [-0.1, -0.05) is 19.4 Å². The fourth-order valence-corrected chi connectivity index (χ4v) is 2.13. The number of hydrogen-bond acceptors (Lipinski definition) is 3. The van der Waals surface area contributed by atoms with Crippen molar-refractivity contribution in [1.82, 2.24) is 5.32 Å². The molecule has 1 N–H and O–H groups in total. The number of methoxy groups -OCH3 is 2. The third-order valence-corrected chi connectivity index (χ3v) is 3.10. The Labute approximate surface area is 108 Å². The predicted octanol–water partition coefficient (Wildman–Crippen LogP) is 2.91. The van der Waals surface area contributed by atoms with E-state index in [0.717, 1.165) is 12.8 Å². The third-order valence-electron chi connectivity index (χ3n) is 3.10. The van der Waals surface area contributed by atoms with Gasteiger partial charge < -0.3 is 14.8 Å². The van der Waals surface area contributed by atoms with Crippen molar-refractivity contribution in [1.29, 1.82) is 0 Å². The average Bonchev–Trinajstić information content (AvgIpc) is 2.39. The van der Waals surface area contributed by atoms with Gasteiger partial charge >= 0.3 is 0 Å². The molecule has 0 aliphatic heterocycles. The van der Waals surface area contributed by atoms with Gasteiger partial charge in [-0.05, 0) is 19.5 Å². The van der Waals surface area contributed by atoms with E-state index >= 15 is 0 Å². The number of nitrogens with one attached hydrogen (secondary N) is 1. The van der Waals surface area contributed by atoms with Gasteiger partial charge in [0.05, 0.1) is 19.3 Å². The maximum atomic E-state index is 14.0. The highest BCUT2D eigenvalue weighted by atomic mass is 19.1. The van der Waals surface area contributed by atoms with Crippen molar-refractivity contribution >= 4 is 0 Å². The van der Waals surface area contributed by atoms with Crippen LogP contribution in [0.4, 0.5) is 4.39 Å². The zero-order valence-electron chi connectivity index (χ0n) is 11.5. The van der Waals surface area contributed by atoms with Crippen LogP contribution in [0.3, 0.4) is 0 Å². The molecule has 3 nitrogen and oxygen atoms in total. The molecule has 18 heavy (non-hydrogen) atoms. The Morgan fingerprint density at radius 2 is 2.06 bits per heavy atom. The minimum atomic E-state index is -0.271. The van der Waals surface area contributed by atoms with E-state index < -0.39 is 0 Å². The topological polar surface area (TPSA) is 30.5 Å². The maximum Gasteiger partial charge on any atom is 0.131 e. The molecule has 0 spiro atoms. The maximum absolute atomic E-state index is 14.0. The van der Waals surface area contributed by atoms with E-state index in [-0.39, 0.29) is 18.0 Å². The van der Waals surface area contributed by atoms with Crippen molar-refractivity contribution in [2.75, 3.05) is 21.3 Å². The van der Waals surface area contributed by atoms with Gasteiger partial charge in [0.15, 0.2) is 0 Å². The molecule has 0 aromatic heterocycles. The number of halogens is 1. The minimum Gasteiger partial charge on any atom is -0.497 e. The van der Waals surface area contributed by atoms with Gasteiger partial charge in [0.25, 0.3) is 0 Å². The van der Waals surface area contributed by atoms with Crippen LogP contribution in [-0.4, -0.2) is 27.4 Å². The van der Waals surface area contributed by atoms with Crippen LogP contribution in [-0.2, 0) is 4.74 Å². The first-order valence-electron chi connectivity index (χ1n) is 6.21. The van der Waals surface area contributed by atoms with Crippen molar-refractivity contribution in [2.45, 2.75) is 31.9 Å². The Balaban J connectivity index is 3.00. The molecule has 0 heterocycles. The molecular weight excluding hydrogens is 233 g/mol. The summed E-state index contributed by atoms with van der Waals surface area (Å²) in [5, 5.41) is 3.13. The van der Waals surface area contributed by atoms with E-state index in [0.29, 0.717) is 11.3 Å². The van der Waals surface area contributed by atoms with Crippen LogP contribution in [0, 0.1) is 5.82 Å². The lowest BCUT2D eigenvalue weighted by Crippen LogP contribution is -2.31. The molecule has 0 aliphatic rings. The van der Waals surface area contributed by atoms with Crippen molar-refractivity contribution < 1.29 is 13.9 Å². The normalized spacial score (nSPS) is 14.3. The molecule has 0 saturated heterocycles. The predicted molar refractivity (Wildman–Crippen MR) is 70.5 cm³/mol. The van der Waals surface area contributed by atoms with E-state index in [1.165, 1.54) is 13.2 Å². The van der Waals surface area contributed by atoms with Gasteiger partial charge in [-0.2, -0.15) is 0 Å². The highest BCUT2D eigenvalue weighted by molar-refractivity contribution is 5.31. The fourth-order valence-electron chi connectivity index (χ4n) is 2.13. The van der Waals surface area contributed by atoms with Gasteiger partial charge in [0, 0.05) is 18.7 Å². The van der Waals surface area contributed by atoms with E-state index in [2.05, 4.69) is 12.2 Å². The SMILES string of the molecule is CCCC(OC)C(NC)c1ccc(OC)cc1F. The number of rotatable bonds is 7. The molecule has 1 aromatic rings. The van der Waals surface area contributed by atoms with Crippen LogP contribution < -0.4 is 10.1 Å². The number of hydrogen-bond donors (Lipinski definition) is 1. The smallest absolute Gasteiger partial charge is 0.131 e. The Morgan fingerprint density at radius 3 is 2.50 bits per heavy atom. The minimum absolute atomic E-state index is 0.0390. The number of ether oxygens (including phenoxy) is 2. The summed E-state index contributed by atoms with van der Waals surface area (Å²) in [6.45, 7) is 2.09. The summed E-state index contributed by atoms with van der Waals surface area (Å²) in [6.07, 6.45) is 1.84. The first kappa shape index (κ1) is 14.9. The molecule has 4 heteroatoms. The van der Waals surface area contributed by atoms with E-state index in [9.17, 15) is 4.39 Å². The van der Waals surface area contributed by atoms with Gasteiger partial charge in [-0.25, -0.2) is 4.39 Å². The molecule has 0 radical (unpaired) electrons. The van der Waals surface area contributed by atoms with Crippen LogP contribution in [0.25, 0.3) is 0 Å². The molecule has 0 saturated carbocycles. The molecule has 1 rings (SSSR count). The van der Waals surface area contributed by atoms with Crippen LogP contribution in [0.15, 0.2) is 18.2 Å². The summed E-state index contributed by atoms with van der Waals surface area (Å²) in [4.78, 5) is 0. The second-order valence-corrected chi connectivity index (χ2v) is 4.22. The van der Waals surface area contributed by atoms with Gasteiger partial charge in [-0.3, -0.25) is 0 Å². The van der Waals surface area contributed by atoms with E-state index in [1.54, 1.807) is 19.2 Å². The zero-order valence-corrected chi connectivity index (χ0v) is 11.5. The second-order valence-electron chi connectivity index (χ2n) is 4.22. The Morgan fingerprint density at radius 1 is 1.33 bits per heavy atom. The summed E-state index contributed by atoms with van der Waals surface area (Å²) in [6, 6.07) is 4.76. The molecule has 0 amide bonds. The molecule has 2 unspecified atom stereocenters. The van der Waals surface area contributed by atoms with Gasteiger partial charge in [-0.15, -0.1) is 0 Å². The molecule has 1 aromatic carbocycles. The zero-order chi connectivity index (χ0) is 13.5. The number of benzene rings is 1. The third kappa shape index (κ3) is 3.43. The van der Waals surface area contributed by atoms with Crippen molar-refractivity contribution in [3.63, 3.8) is 0 Å². The summed E-state index contributed by atoms with van der Waals surface area (Å²) < 4.78 is 24.5. The monoisotopic (exact) mass is 255 g/mol.